The normalized spacial score (nSPS) is 12.0. The standard InChI is InChI=1S/C17H19ClO3/c1-11-4-6-16(20-2)13(8-11)10-15(19)12-5-7-17(21-3)14(18)9-12/h4-9,15,19H,10H2,1-3H3. The first kappa shape index (κ1) is 15.7. The lowest BCUT2D eigenvalue weighted by molar-refractivity contribution is 0.177. The second kappa shape index (κ2) is 6.83. The highest BCUT2D eigenvalue weighted by molar-refractivity contribution is 6.32. The van der Waals surface area contributed by atoms with Crippen LogP contribution in [0.25, 0.3) is 0 Å². The first-order valence-electron chi connectivity index (χ1n) is 6.70. The summed E-state index contributed by atoms with van der Waals surface area (Å²) in [5.41, 5.74) is 2.85. The van der Waals surface area contributed by atoms with E-state index in [-0.39, 0.29) is 0 Å². The largest absolute Gasteiger partial charge is 0.496 e. The average molecular weight is 307 g/mol. The minimum absolute atomic E-state index is 0.466. The van der Waals surface area contributed by atoms with Gasteiger partial charge in [0.25, 0.3) is 0 Å². The Morgan fingerprint density at radius 3 is 2.33 bits per heavy atom. The van der Waals surface area contributed by atoms with Crippen LogP contribution in [-0.2, 0) is 6.42 Å². The van der Waals surface area contributed by atoms with Crippen LogP contribution in [0.4, 0.5) is 0 Å². The molecule has 3 nitrogen and oxygen atoms in total. The SMILES string of the molecule is COc1ccc(C(O)Cc2cc(C)ccc2OC)cc1Cl. The summed E-state index contributed by atoms with van der Waals surface area (Å²) in [5, 5.41) is 10.9. The molecule has 1 N–H and O–H groups in total. The quantitative estimate of drug-likeness (QED) is 0.909. The number of ether oxygens (including phenoxy) is 2. The minimum atomic E-state index is -0.649. The second-order valence-corrected chi connectivity index (χ2v) is 5.34. The van der Waals surface area contributed by atoms with Crippen LogP contribution in [0.1, 0.15) is 22.8 Å². The number of aliphatic hydroxyl groups is 1. The highest BCUT2D eigenvalue weighted by Gasteiger charge is 2.14. The van der Waals surface area contributed by atoms with E-state index < -0.39 is 6.10 Å². The number of methoxy groups -OCH3 is 2. The molecule has 2 rings (SSSR count). The first-order valence-corrected chi connectivity index (χ1v) is 7.08. The van der Waals surface area contributed by atoms with Gasteiger partial charge in [-0.3, -0.25) is 0 Å². The van der Waals surface area contributed by atoms with Crippen molar-refractivity contribution in [2.45, 2.75) is 19.4 Å². The molecule has 0 aliphatic rings. The van der Waals surface area contributed by atoms with Crippen LogP contribution in [0.2, 0.25) is 5.02 Å². The second-order valence-electron chi connectivity index (χ2n) is 4.93. The number of aliphatic hydroxyl groups excluding tert-OH is 1. The van der Waals surface area contributed by atoms with E-state index in [9.17, 15) is 5.11 Å². The average Bonchev–Trinajstić information content (AvgIpc) is 2.47. The molecule has 21 heavy (non-hydrogen) atoms. The number of halogens is 1. The van der Waals surface area contributed by atoms with Gasteiger partial charge in [0.05, 0.1) is 25.3 Å². The number of aryl methyl sites for hydroxylation is 1. The van der Waals surface area contributed by atoms with E-state index in [0.29, 0.717) is 17.2 Å². The van der Waals surface area contributed by atoms with Crippen molar-refractivity contribution in [2.75, 3.05) is 14.2 Å². The molecule has 0 spiro atoms. The Hall–Kier alpha value is -1.71. The molecule has 0 bridgehead atoms. The molecule has 0 fully saturated rings. The zero-order valence-electron chi connectivity index (χ0n) is 12.4. The van der Waals surface area contributed by atoms with E-state index in [4.69, 9.17) is 21.1 Å². The first-order chi connectivity index (χ1) is 10.0. The fourth-order valence-electron chi connectivity index (χ4n) is 2.28. The van der Waals surface area contributed by atoms with E-state index in [1.165, 1.54) is 0 Å². The van der Waals surface area contributed by atoms with Crippen LogP contribution in [0.15, 0.2) is 36.4 Å². The predicted molar refractivity (Wildman–Crippen MR) is 84.4 cm³/mol. The van der Waals surface area contributed by atoms with Crippen molar-refractivity contribution in [3.05, 3.63) is 58.1 Å². The molecule has 4 heteroatoms. The van der Waals surface area contributed by atoms with Crippen LogP contribution in [-0.4, -0.2) is 19.3 Å². The van der Waals surface area contributed by atoms with Crippen molar-refractivity contribution >= 4 is 11.6 Å². The third-order valence-electron chi connectivity index (χ3n) is 3.41. The molecule has 2 aromatic rings. The summed E-state index contributed by atoms with van der Waals surface area (Å²) >= 11 is 6.10. The summed E-state index contributed by atoms with van der Waals surface area (Å²) in [7, 11) is 3.19. The number of hydrogen-bond acceptors (Lipinski definition) is 3. The third kappa shape index (κ3) is 3.69. The van der Waals surface area contributed by atoms with Gasteiger partial charge in [0, 0.05) is 6.42 Å². The lowest BCUT2D eigenvalue weighted by Gasteiger charge is -2.15. The highest BCUT2D eigenvalue weighted by Crippen LogP contribution is 2.30. The summed E-state index contributed by atoms with van der Waals surface area (Å²) in [6, 6.07) is 11.2. The third-order valence-corrected chi connectivity index (χ3v) is 3.71. The van der Waals surface area contributed by atoms with Gasteiger partial charge in [-0.25, -0.2) is 0 Å². The minimum Gasteiger partial charge on any atom is -0.496 e. The topological polar surface area (TPSA) is 38.7 Å². The summed E-state index contributed by atoms with van der Waals surface area (Å²) in [4.78, 5) is 0. The Bertz CT molecular complexity index is 625. The van der Waals surface area contributed by atoms with Crippen molar-refractivity contribution in [2.24, 2.45) is 0 Å². The smallest absolute Gasteiger partial charge is 0.137 e. The molecule has 1 unspecified atom stereocenters. The van der Waals surface area contributed by atoms with E-state index in [1.54, 1.807) is 26.4 Å². The van der Waals surface area contributed by atoms with Gasteiger partial charge in [0.2, 0.25) is 0 Å². The number of benzene rings is 2. The van der Waals surface area contributed by atoms with E-state index in [1.807, 2.05) is 31.2 Å². The molecule has 112 valence electrons. The monoisotopic (exact) mass is 306 g/mol. The maximum Gasteiger partial charge on any atom is 0.137 e. The van der Waals surface area contributed by atoms with Crippen molar-refractivity contribution in [1.29, 1.82) is 0 Å². The summed E-state index contributed by atoms with van der Waals surface area (Å²) in [6.07, 6.45) is -0.183. The Morgan fingerprint density at radius 2 is 1.71 bits per heavy atom. The van der Waals surface area contributed by atoms with Crippen molar-refractivity contribution < 1.29 is 14.6 Å². The van der Waals surface area contributed by atoms with Gasteiger partial charge in [-0.2, -0.15) is 0 Å². The zero-order chi connectivity index (χ0) is 15.4. The van der Waals surface area contributed by atoms with Crippen LogP contribution in [0, 0.1) is 6.92 Å². The molecule has 0 aliphatic heterocycles. The molecule has 0 amide bonds. The highest BCUT2D eigenvalue weighted by atomic mass is 35.5. The zero-order valence-corrected chi connectivity index (χ0v) is 13.1. The van der Waals surface area contributed by atoms with Gasteiger partial charge in [-0.15, -0.1) is 0 Å². The number of hydrogen-bond donors (Lipinski definition) is 1. The maximum atomic E-state index is 10.4. The molecule has 1 atom stereocenters. The summed E-state index contributed by atoms with van der Waals surface area (Å²) in [5.74, 6) is 1.38. The van der Waals surface area contributed by atoms with E-state index in [2.05, 4.69) is 0 Å². The van der Waals surface area contributed by atoms with Gasteiger partial charge >= 0.3 is 0 Å². The molecule has 0 aliphatic carbocycles. The van der Waals surface area contributed by atoms with E-state index >= 15 is 0 Å². The Morgan fingerprint density at radius 1 is 1.05 bits per heavy atom. The molecular weight excluding hydrogens is 288 g/mol. The van der Waals surface area contributed by atoms with Gasteiger partial charge in [-0.05, 0) is 36.2 Å². The lowest BCUT2D eigenvalue weighted by Crippen LogP contribution is -2.04. The van der Waals surface area contributed by atoms with Crippen molar-refractivity contribution in [3.8, 4) is 11.5 Å². The van der Waals surface area contributed by atoms with Crippen LogP contribution >= 0.6 is 11.6 Å². The molecule has 0 heterocycles. The number of rotatable bonds is 5. The summed E-state index contributed by atoms with van der Waals surface area (Å²) in [6.45, 7) is 2.01. The maximum absolute atomic E-state index is 10.4. The van der Waals surface area contributed by atoms with Gasteiger partial charge in [0.15, 0.2) is 0 Å². The van der Waals surface area contributed by atoms with Gasteiger partial charge in [0.1, 0.15) is 11.5 Å². The molecular formula is C17H19ClO3. The molecule has 0 aromatic heterocycles. The Labute approximate surface area is 130 Å². The molecule has 0 saturated carbocycles. The van der Waals surface area contributed by atoms with Gasteiger partial charge in [-0.1, -0.05) is 35.4 Å². The lowest BCUT2D eigenvalue weighted by atomic mass is 9.99. The van der Waals surface area contributed by atoms with Crippen molar-refractivity contribution in [3.63, 3.8) is 0 Å². The van der Waals surface area contributed by atoms with Crippen molar-refractivity contribution in [1.82, 2.24) is 0 Å². The van der Waals surface area contributed by atoms with Crippen LogP contribution in [0.3, 0.4) is 0 Å². The Kier molecular flexibility index (Phi) is 5.10. The van der Waals surface area contributed by atoms with Crippen LogP contribution in [0.5, 0.6) is 11.5 Å². The summed E-state index contributed by atoms with van der Waals surface area (Å²) < 4.78 is 10.5. The van der Waals surface area contributed by atoms with Gasteiger partial charge < -0.3 is 14.6 Å². The molecule has 0 saturated heterocycles. The fraction of sp³-hybridized carbons (Fsp3) is 0.294. The molecule has 0 radical (unpaired) electrons. The molecule has 2 aromatic carbocycles. The Balaban J connectivity index is 2.23. The van der Waals surface area contributed by atoms with E-state index in [0.717, 1.165) is 22.4 Å². The fourth-order valence-corrected chi connectivity index (χ4v) is 2.55. The van der Waals surface area contributed by atoms with Crippen LogP contribution < -0.4 is 9.47 Å². The predicted octanol–water partition coefficient (Wildman–Crippen LogP) is 3.94.